The molecule has 2 heterocycles. The smallest absolute Gasteiger partial charge is 0.0924 e. The second kappa shape index (κ2) is 2.96. The van der Waals surface area contributed by atoms with Gasteiger partial charge in [-0.2, -0.15) is 0 Å². The number of allylic oxidation sites excluding steroid dienone is 3. The van der Waals surface area contributed by atoms with E-state index < -0.39 is 0 Å². The van der Waals surface area contributed by atoms with Crippen LogP contribution in [0.4, 0.5) is 5.69 Å². The summed E-state index contributed by atoms with van der Waals surface area (Å²) in [6.07, 6.45) is 14.0. The molecule has 3 heteroatoms. The van der Waals surface area contributed by atoms with Crippen molar-refractivity contribution in [1.82, 2.24) is 0 Å². The van der Waals surface area contributed by atoms with Gasteiger partial charge >= 0.3 is 0 Å². The molecule has 1 aromatic heterocycles. The molecule has 1 aliphatic heterocycles. The van der Waals surface area contributed by atoms with Crippen LogP contribution in [0.2, 0.25) is 0 Å². The Morgan fingerprint density at radius 2 is 2.14 bits per heavy atom. The van der Waals surface area contributed by atoms with Crippen LogP contribution in [0.1, 0.15) is 5.56 Å². The van der Waals surface area contributed by atoms with Gasteiger partial charge in [0.05, 0.1) is 16.6 Å². The van der Waals surface area contributed by atoms with E-state index in [1.165, 1.54) is 20.3 Å². The number of fused-ring (bicyclic) bond motifs is 3. The van der Waals surface area contributed by atoms with Gasteiger partial charge in [0.1, 0.15) is 0 Å². The average molecular weight is 200 g/mol. The van der Waals surface area contributed by atoms with Crippen molar-refractivity contribution < 1.29 is 0 Å². The van der Waals surface area contributed by atoms with Gasteiger partial charge in [-0.3, -0.25) is 0 Å². The molecule has 0 saturated heterocycles. The lowest BCUT2D eigenvalue weighted by atomic mass is 10.2. The van der Waals surface area contributed by atoms with Crippen molar-refractivity contribution in [2.75, 3.05) is 5.32 Å². The summed E-state index contributed by atoms with van der Waals surface area (Å²) in [5, 5.41) is 3.19. The van der Waals surface area contributed by atoms with Gasteiger partial charge in [0.25, 0.3) is 0 Å². The first kappa shape index (κ1) is 7.76. The average Bonchev–Trinajstić information content (AvgIpc) is 2.42. The van der Waals surface area contributed by atoms with Crippen molar-refractivity contribution >= 4 is 41.7 Å². The summed E-state index contributed by atoms with van der Waals surface area (Å²) < 4.78 is 2.49. The van der Waals surface area contributed by atoms with Crippen molar-refractivity contribution in [1.29, 1.82) is 0 Å². The lowest BCUT2D eigenvalue weighted by Crippen LogP contribution is -2.09. The van der Waals surface area contributed by atoms with E-state index in [9.17, 15) is 0 Å². The normalized spacial score (nSPS) is 16.0. The molecule has 0 spiro atoms. The summed E-state index contributed by atoms with van der Waals surface area (Å²) in [4.78, 5) is 4.08. The Hall–Kier alpha value is -1.61. The van der Waals surface area contributed by atoms with Crippen LogP contribution in [0.5, 0.6) is 0 Å². The van der Waals surface area contributed by atoms with Gasteiger partial charge in [-0.05, 0) is 6.08 Å². The van der Waals surface area contributed by atoms with Crippen LogP contribution >= 0.6 is 11.3 Å². The molecule has 14 heavy (non-hydrogen) atoms. The van der Waals surface area contributed by atoms with Crippen LogP contribution in [0, 0.1) is 0 Å². The predicted molar refractivity (Wildman–Crippen MR) is 62.8 cm³/mol. The highest BCUT2D eigenvalue weighted by molar-refractivity contribution is 7.08. The third kappa shape index (κ3) is 1.06. The first-order valence-corrected chi connectivity index (χ1v) is 5.23. The third-order valence-corrected chi connectivity index (χ3v) is 3.31. The fraction of sp³-hybridized carbons (Fsp3) is 0. The van der Waals surface area contributed by atoms with Gasteiger partial charge in [-0.25, -0.2) is 4.99 Å². The SMILES string of the molecule is C1=CC=c2sc3c(c2C=C1)NC=NC=3. The molecule has 1 N–H and O–H groups in total. The minimum absolute atomic E-state index is 1.18. The van der Waals surface area contributed by atoms with Crippen molar-refractivity contribution in [2.45, 2.75) is 0 Å². The highest BCUT2D eigenvalue weighted by Crippen LogP contribution is 2.14. The van der Waals surface area contributed by atoms with Gasteiger partial charge in [-0.15, -0.1) is 11.3 Å². The van der Waals surface area contributed by atoms with E-state index in [4.69, 9.17) is 0 Å². The highest BCUT2D eigenvalue weighted by atomic mass is 32.1. The molecule has 0 saturated carbocycles. The van der Waals surface area contributed by atoms with Crippen LogP contribution in [-0.4, -0.2) is 6.34 Å². The Balaban J connectivity index is 2.40. The monoisotopic (exact) mass is 200 g/mol. The third-order valence-electron chi connectivity index (χ3n) is 2.21. The van der Waals surface area contributed by atoms with E-state index in [1.54, 1.807) is 17.7 Å². The summed E-state index contributed by atoms with van der Waals surface area (Å²) >= 11 is 1.76. The van der Waals surface area contributed by atoms with Gasteiger partial charge in [0.2, 0.25) is 0 Å². The first-order valence-electron chi connectivity index (χ1n) is 4.41. The Morgan fingerprint density at radius 3 is 3.14 bits per heavy atom. The van der Waals surface area contributed by atoms with Crippen molar-refractivity contribution in [3.63, 3.8) is 0 Å². The summed E-state index contributed by atoms with van der Waals surface area (Å²) in [6, 6.07) is 0. The van der Waals surface area contributed by atoms with Crippen molar-refractivity contribution in [3.05, 3.63) is 32.9 Å². The topological polar surface area (TPSA) is 24.4 Å². The van der Waals surface area contributed by atoms with Gasteiger partial charge in [0, 0.05) is 16.3 Å². The fourth-order valence-corrected chi connectivity index (χ4v) is 2.62. The highest BCUT2D eigenvalue weighted by Gasteiger charge is 2.08. The summed E-state index contributed by atoms with van der Waals surface area (Å²) in [6.45, 7) is 0. The number of nitrogens with zero attached hydrogens (tertiary/aromatic N) is 1. The Bertz CT molecular complexity index is 573. The molecule has 0 fully saturated rings. The Morgan fingerprint density at radius 1 is 1.14 bits per heavy atom. The molecule has 1 aliphatic carbocycles. The Labute approximate surface area is 85.3 Å². The van der Waals surface area contributed by atoms with Crippen LogP contribution in [-0.2, 0) is 0 Å². The van der Waals surface area contributed by atoms with Crippen LogP contribution in [0.15, 0.2) is 23.2 Å². The van der Waals surface area contributed by atoms with Crippen LogP contribution < -0.4 is 14.4 Å². The van der Waals surface area contributed by atoms with Crippen molar-refractivity contribution in [3.8, 4) is 0 Å². The fourth-order valence-electron chi connectivity index (χ4n) is 1.58. The summed E-state index contributed by atoms with van der Waals surface area (Å²) in [7, 11) is 0. The molecule has 0 aromatic carbocycles. The summed E-state index contributed by atoms with van der Waals surface area (Å²) in [5.74, 6) is 0. The minimum atomic E-state index is 1.18. The standard InChI is InChI=1S/C11H8N2S/c1-2-4-8-9(5-3-1)14-10-6-12-7-13-11(8)10/h1-7H,(H,12,13). The van der Waals surface area contributed by atoms with E-state index in [1.807, 2.05) is 12.3 Å². The van der Waals surface area contributed by atoms with Gasteiger partial charge in [-0.1, -0.05) is 24.3 Å². The zero-order valence-electron chi connectivity index (χ0n) is 7.40. The van der Waals surface area contributed by atoms with E-state index in [2.05, 4.69) is 34.6 Å². The number of hydrogen-bond acceptors (Lipinski definition) is 3. The molecule has 0 bridgehead atoms. The van der Waals surface area contributed by atoms with Gasteiger partial charge < -0.3 is 5.32 Å². The van der Waals surface area contributed by atoms with E-state index in [-0.39, 0.29) is 0 Å². The molecule has 1 aromatic rings. The largest absolute Gasteiger partial charge is 0.345 e. The molecular formula is C11H8N2S. The molecule has 0 atom stereocenters. The zero-order chi connectivity index (χ0) is 9.38. The predicted octanol–water partition coefficient (Wildman–Crippen LogP) is 1.30. The minimum Gasteiger partial charge on any atom is -0.345 e. The molecule has 0 unspecified atom stereocenters. The number of hydrogen-bond donors (Lipinski definition) is 1. The van der Waals surface area contributed by atoms with E-state index in [0.717, 1.165) is 0 Å². The van der Waals surface area contributed by atoms with E-state index in [0.29, 0.717) is 0 Å². The summed E-state index contributed by atoms with van der Waals surface area (Å²) in [5.41, 5.74) is 2.44. The molecule has 0 radical (unpaired) electrons. The van der Waals surface area contributed by atoms with E-state index >= 15 is 0 Å². The zero-order valence-corrected chi connectivity index (χ0v) is 8.21. The second-order valence-electron chi connectivity index (χ2n) is 3.08. The number of rotatable bonds is 0. The number of thiophene rings is 1. The van der Waals surface area contributed by atoms with Gasteiger partial charge in [0.15, 0.2) is 0 Å². The second-order valence-corrected chi connectivity index (χ2v) is 4.17. The molecule has 3 rings (SSSR count). The quantitative estimate of drug-likeness (QED) is 0.670. The number of nitrogens with one attached hydrogen (secondary N) is 1. The lowest BCUT2D eigenvalue weighted by molar-refractivity contribution is 1.58. The molecule has 2 nitrogen and oxygen atoms in total. The maximum atomic E-state index is 4.08. The molecule has 68 valence electrons. The molecular weight excluding hydrogens is 192 g/mol. The van der Waals surface area contributed by atoms with Crippen molar-refractivity contribution in [2.24, 2.45) is 4.99 Å². The lowest BCUT2D eigenvalue weighted by Gasteiger charge is -2.01. The first-order chi connectivity index (χ1) is 6.95. The molecule has 0 amide bonds. The number of aliphatic imine (C=N–C) groups is 1. The Kier molecular flexibility index (Phi) is 1.64. The maximum Gasteiger partial charge on any atom is 0.0924 e. The number of anilines is 1. The van der Waals surface area contributed by atoms with Crippen LogP contribution in [0.25, 0.3) is 18.4 Å². The maximum absolute atomic E-state index is 4.08. The van der Waals surface area contributed by atoms with Crippen LogP contribution in [0.3, 0.4) is 0 Å². The molecule has 2 aliphatic rings.